The fourth-order valence-electron chi connectivity index (χ4n) is 2.21. The summed E-state index contributed by atoms with van der Waals surface area (Å²) in [6, 6.07) is 0.538. The molecule has 1 amide bonds. The summed E-state index contributed by atoms with van der Waals surface area (Å²) in [7, 11) is 1.75. The maximum Gasteiger partial charge on any atom is 0.234 e. The number of amides is 1. The van der Waals surface area contributed by atoms with Crippen molar-refractivity contribution in [2.75, 3.05) is 13.7 Å². The van der Waals surface area contributed by atoms with Crippen LogP contribution in [0.25, 0.3) is 0 Å². The van der Waals surface area contributed by atoms with Crippen LogP contribution in [-0.4, -0.2) is 37.7 Å². The lowest BCUT2D eigenvalue weighted by atomic mass is 9.92. The number of carbonyl (C=O) groups excluding carboxylic acids is 1. The number of methoxy groups -OCH3 is 1. The minimum absolute atomic E-state index is 0.0652. The van der Waals surface area contributed by atoms with E-state index in [2.05, 4.69) is 10.6 Å². The highest BCUT2D eigenvalue weighted by Gasteiger charge is 2.24. The highest BCUT2D eigenvalue weighted by Crippen LogP contribution is 2.20. The SMILES string of the molecule is CO[C@@H]1CCCC[C@H]1NCC(=O)NC(C)C. The van der Waals surface area contributed by atoms with Crippen LogP contribution in [0.15, 0.2) is 0 Å². The molecular weight excluding hydrogens is 204 g/mol. The first-order chi connectivity index (χ1) is 7.63. The smallest absolute Gasteiger partial charge is 0.234 e. The molecule has 0 radical (unpaired) electrons. The van der Waals surface area contributed by atoms with Gasteiger partial charge in [-0.1, -0.05) is 12.8 Å². The lowest BCUT2D eigenvalue weighted by Crippen LogP contribution is -2.47. The molecule has 2 atom stereocenters. The zero-order valence-electron chi connectivity index (χ0n) is 10.6. The molecule has 0 bridgehead atoms. The van der Waals surface area contributed by atoms with Crippen molar-refractivity contribution in [3.8, 4) is 0 Å². The molecule has 4 heteroatoms. The maximum atomic E-state index is 11.5. The molecule has 0 aliphatic heterocycles. The van der Waals surface area contributed by atoms with Gasteiger partial charge in [0.2, 0.25) is 5.91 Å². The van der Waals surface area contributed by atoms with E-state index < -0.39 is 0 Å². The largest absolute Gasteiger partial charge is 0.380 e. The molecule has 0 spiro atoms. The van der Waals surface area contributed by atoms with Gasteiger partial charge in [-0.2, -0.15) is 0 Å². The molecule has 2 N–H and O–H groups in total. The van der Waals surface area contributed by atoms with Gasteiger partial charge in [-0.15, -0.1) is 0 Å². The Balaban J connectivity index is 2.27. The van der Waals surface area contributed by atoms with Gasteiger partial charge in [0.15, 0.2) is 0 Å². The van der Waals surface area contributed by atoms with Gasteiger partial charge in [0, 0.05) is 19.2 Å². The highest BCUT2D eigenvalue weighted by atomic mass is 16.5. The molecule has 1 saturated carbocycles. The molecule has 0 unspecified atom stereocenters. The topological polar surface area (TPSA) is 50.4 Å². The molecule has 1 rings (SSSR count). The monoisotopic (exact) mass is 228 g/mol. The zero-order valence-corrected chi connectivity index (χ0v) is 10.6. The highest BCUT2D eigenvalue weighted by molar-refractivity contribution is 5.78. The van der Waals surface area contributed by atoms with Crippen LogP contribution in [0, 0.1) is 0 Å². The molecule has 0 heterocycles. The van der Waals surface area contributed by atoms with Gasteiger partial charge in [-0.25, -0.2) is 0 Å². The second-order valence-electron chi connectivity index (χ2n) is 4.77. The Labute approximate surface area is 98.1 Å². The van der Waals surface area contributed by atoms with Crippen LogP contribution in [0.2, 0.25) is 0 Å². The molecular formula is C12H24N2O2. The Hall–Kier alpha value is -0.610. The van der Waals surface area contributed by atoms with Crippen LogP contribution in [0.5, 0.6) is 0 Å². The fourth-order valence-corrected chi connectivity index (χ4v) is 2.21. The van der Waals surface area contributed by atoms with E-state index >= 15 is 0 Å². The molecule has 94 valence electrons. The molecule has 1 fully saturated rings. The normalized spacial score (nSPS) is 25.8. The average molecular weight is 228 g/mol. The van der Waals surface area contributed by atoms with Crippen molar-refractivity contribution in [2.45, 2.75) is 57.7 Å². The number of carbonyl (C=O) groups is 1. The van der Waals surface area contributed by atoms with Crippen molar-refractivity contribution in [3.05, 3.63) is 0 Å². The molecule has 0 aromatic carbocycles. The minimum Gasteiger partial charge on any atom is -0.380 e. The first-order valence-electron chi connectivity index (χ1n) is 6.19. The van der Waals surface area contributed by atoms with E-state index in [1.165, 1.54) is 12.8 Å². The van der Waals surface area contributed by atoms with Gasteiger partial charge in [0.25, 0.3) is 0 Å². The fraction of sp³-hybridized carbons (Fsp3) is 0.917. The zero-order chi connectivity index (χ0) is 12.0. The predicted molar refractivity (Wildman–Crippen MR) is 64.3 cm³/mol. The van der Waals surface area contributed by atoms with Crippen LogP contribution in [0.1, 0.15) is 39.5 Å². The number of hydrogen-bond donors (Lipinski definition) is 2. The predicted octanol–water partition coefficient (Wildman–Crippen LogP) is 1.06. The van der Waals surface area contributed by atoms with Crippen molar-refractivity contribution in [1.82, 2.24) is 10.6 Å². The van der Waals surface area contributed by atoms with Gasteiger partial charge in [-0.05, 0) is 26.7 Å². The van der Waals surface area contributed by atoms with E-state index in [9.17, 15) is 4.79 Å². The summed E-state index contributed by atoms with van der Waals surface area (Å²) in [5.41, 5.74) is 0. The van der Waals surface area contributed by atoms with Crippen molar-refractivity contribution >= 4 is 5.91 Å². The molecule has 1 aliphatic carbocycles. The summed E-state index contributed by atoms with van der Waals surface area (Å²) in [6.45, 7) is 4.33. The van der Waals surface area contributed by atoms with Crippen molar-refractivity contribution in [3.63, 3.8) is 0 Å². The van der Waals surface area contributed by atoms with Crippen molar-refractivity contribution in [2.24, 2.45) is 0 Å². The second kappa shape index (κ2) is 6.86. The van der Waals surface area contributed by atoms with Crippen LogP contribution in [0.4, 0.5) is 0 Å². The van der Waals surface area contributed by atoms with Crippen LogP contribution in [0.3, 0.4) is 0 Å². The molecule has 0 aromatic rings. The third-order valence-electron chi connectivity index (χ3n) is 2.98. The lowest BCUT2D eigenvalue weighted by molar-refractivity contribution is -0.121. The van der Waals surface area contributed by atoms with E-state index in [0.717, 1.165) is 12.8 Å². The summed E-state index contributed by atoms with van der Waals surface area (Å²) in [5, 5.41) is 6.16. The van der Waals surface area contributed by atoms with E-state index in [1.54, 1.807) is 7.11 Å². The molecule has 4 nitrogen and oxygen atoms in total. The Kier molecular flexibility index (Phi) is 5.77. The molecule has 0 aromatic heterocycles. The van der Waals surface area contributed by atoms with Crippen LogP contribution in [-0.2, 0) is 9.53 Å². The Morgan fingerprint density at radius 1 is 1.38 bits per heavy atom. The summed E-state index contributed by atoms with van der Waals surface area (Å²) >= 11 is 0. The summed E-state index contributed by atoms with van der Waals surface area (Å²) < 4.78 is 5.42. The Morgan fingerprint density at radius 3 is 2.69 bits per heavy atom. The quantitative estimate of drug-likeness (QED) is 0.739. The summed E-state index contributed by atoms with van der Waals surface area (Å²) in [5.74, 6) is 0.0652. The van der Waals surface area contributed by atoms with Gasteiger partial charge < -0.3 is 15.4 Å². The number of hydrogen-bond acceptors (Lipinski definition) is 3. The van der Waals surface area contributed by atoms with Gasteiger partial charge >= 0.3 is 0 Å². The van der Waals surface area contributed by atoms with Gasteiger partial charge in [0.1, 0.15) is 0 Å². The van der Waals surface area contributed by atoms with Gasteiger partial charge in [-0.3, -0.25) is 4.79 Å². The average Bonchev–Trinajstić information content (AvgIpc) is 2.26. The molecule has 1 aliphatic rings. The van der Waals surface area contributed by atoms with Crippen molar-refractivity contribution in [1.29, 1.82) is 0 Å². The van der Waals surface area contributed by atoms with E-state index in [1.807, 2.05) is 13.8 Å². The Morgan fingerprint density at radius 2 is 2.06 bits per heavy atom. The third-order valence-corrected chi connectivity index (χ3v) is 2.98. The summed E-state index contributed by atoms with van der Waals surface area (Å²) in [4.78, 5) is 11.5. The molecule has 0 saturated heterocycles. The first kappa shape index (κ1) is 13.5. The summed E-state index contributed by atoms with van der Waals surface area (Å²) in [6.07, 6.45) is 4.92. The van der Waals surface area contributed by atoms with E-state index in [0.29, 0.717) is 12.6 Å². The van der Waals surface area contributed by atoms with E-state index in [-0.39, 0.29) is 18.1 Å². The maximum absolute atomic E-state index is 11.5. The number of ether oxygens (including phenoxy) is 1. The number of rotatable bonds is 5. The third kappa shape index (κ3) is 4.49. The Bertz CT molecular complexity index is 219. The van der Waals surface area contributed by atoms with Crippen LogP contribution >= 0.6 is 0 Å². The standard InChI is InChI=1S/C12H24N2O2/c1-9(2)14-12(15)8-13-10-6-4-5-7-11(10)16-3/h9-11,13H,4-8H2,1-3H3,(H,14,15)/t10-,11-/m1/s1. The minimum atomic E-state index is 0.0652. The number of nitrogens with one attached hydrogen (secondary N) is 2. The van der Waals surface area contributed by atoms with Crippen molar-refractivity contribution < 1.29 is 9.53 Å². The second-order valence-corrected chi connectivity index (χ2v) is 4.77. The molecule has 16 heavy (non-hydrogen) atoms. The first-order valence-corrected chi connectivity index (χ1v) is 6.19. The lowest BCUT2D eigenvalue weighted by Gasteiger charge is -2.31. The van der Waals surface area contributed by atoms with E-state index in [4.69, 9.17) is 4.74 Å². The van der Waals surface area contributed by atoms with Crippen LogP contribution < -0.4 is 10.6 Å². The van der Waals surface area contributed by atoms with Gasteiger partial charge in [0.05, 0.1) is 12.6 Å².